The molecular weight excluding hydrogens is 266 g/mol. The average molecular weight is 277 g/mol. The van der Waals surface area contributed by atoms with Crippen molar-refractivity contribution in [1.29, 1.82) is 5.26 Å². The number of anilines is 1. The summed E-state index contributed by atoms with van der Waals surface area (Å²) < 4.78 is 27.5. The standard InChI is InChI=1S/C11H11N5O2S/c1-16-11(13-8-14-16)15-19(17,18)7-10-4-2-9(6-12)3-5-10/h2-5,8H,7H2,1H3,(H,13,14,15). The lowest BCUT2D eigenvalue weighted by atomic mass is 10.2. The number of nitriles is 1. The summed E-state index contributed by atoms with van der Waals surface area (Å²) in [6.07, 6.45) is 1.26. The van der Waals surface area contributed by atoms with E-state index in [4.69, 9.17) is 5.26 Å². The first-order valence-electron chi connectivity index (χ1n) is 5.34. The Balaban J connectivity index is 2.13. The number of rotatable bonds is 4. The topological polar surface area (TPSA) is 101 Å². The molecule has 1 aromatic carbocycles. The molecule has 2 rings (SSSR count). The van der Waals surface area contributed by atoms with Crippen molar-refractivity contribution in [3.05, 3.63) is 41.7 Å². The molecule has 19 heavy (non-hydrogen) atoms. The molecule has 0 aliphatic carbocycles. The van der Waals surface area contributed by atoms with E-state index in [9.17, 15) is 8.42 Å². The number of sulfonamides is 1. The first kappa shape index (κ1) is 13.0. The molecule has 8 heteroatoms. The molecule has 0 amide bonds. The van der Waals surface area contributed by atoms with Crippen LogP contribution in [0.2, 0.25) is 0 Å². The number of hydrogen-bond donors (Lipinski definition) is 1. The molecule has 0 spiro atoms. The minimum atomic E-state index is -3.56. The molecular formula is C11H11N5O2S. The van der Waals surface area contributed by atoms with E-state index in [1.54, 1.807) is 31.3 Å². The van der Waals surface area contributed by atoms with Gasteiger partial charge in [0.2, 0.25) is 16.0 Å². The number of benzene rings is 1. The van der Waals surface area contributed by atoms with Gasteiger partial charge in [0.1, 0.15) is 6.33 Å². The van der Waals surface area contributed by atoms with Crippen LogP contribution in [0.15, 0.2) is 30.6 Å². The molecule has 1 N–H and O–H groups in total. The highest BCUT2D eigenvalue weighted by molar-refractivity contribution is 7.91. The summed E-state index contributed by atoms with van der Waals surface area (Å²) in [7, 11) is -1.97. The van der Waals surface area contributed by atoms with E-state index in [1.165, 1.54) is 11.0 Å². The van der Waals surface area contributed by atoms with Crippen LogP contribution >= 0.6 is 0 Å². The predicted octanol–water partition coefficient (Wildman–Crippen LogP) is 0.629. The predicted molar refractivity (Wildman–Crippen MR) is 68.4 cm³/mol. The van der Waals surface area contributed by atoms with E-state index in [2.05, 4.69) is 14.8 Å². The molecule has 7 nitrogen and oxygen atoms in total. The van der Waals surface area contributed by atoms with Crippen LogP contribution in [0.3, 0.4) is 0 Å². The SMILES string of the molecule is Cn1ncnc1NS(=O)(=O)Cc1ccc(C#N)cc1. The lowest BCUT2D eigenvalue weighted by Gasteiger charge is -2.06. The Bertz CT molecular complexity index is 712. The van der Waals surface area contributed by atoms with Gasteiger partial charge in [-0.2, -0.15) is 15.3 Å². The molecule has 1 aromatic heterocycles. The van der Waals surface area contributed by atoms with Crippen molar-refractivity contribution in [1.82, 2.24) is 14.8 Å². The van der Waals surface area contributed by atoms with Crippen molar-refractivity contribution in [2.45, 2.75) is 5.75 Å². The van der Waals surface area contributed by atoms with Crippen molar-refractivity contribution in [2.75, 3.05) is 4.72 Å². The van der Waals surface area contributed by atoms with Crippen molar-refractivity contribution < 1.29 is 8.42 Å². The van der Waals surface area contributed by atoms with Crippen molar-refractivity contribution in [3.63, 3.8) is 0 Å². The molecule has 1 heterocycles. The van der Waals surface area contributed by atoms with Crippen LogP contribution in [0.1, 0.15) is 11.1 Å². The molecule has 0 aliphatic rings. The van der Waals surface area contributed by atoms with Gasteiger partial charge in [-0.3, -0.25) is 4.72 Å². The van der Waals surface area contributed by atoms with Crippen LogP contribution in [0.25, 0.3) is 0 Å². The Morgan fingerprint density at radius 2 is 2.05 bits per heavy atom. The molecule has 0 unspecified atom stereocenters. The van der Waals surface area contributed by atoms with Gasteiger partial charge in [0.25, 0.3) is 0 Å². The molecule has 0 radical (unpaired) electrons. The second kappa shape index (κ2) is 5.07. The Kier molecular flexibility index (Phi) is 3.48. The smallest absolute Gasteiger partial charge is 0.239 e. The summed E-state index contributed by atoms with van der Waals surface area (Å²) >= 11 is 0. The maximum atomic E-state index is 11.9. The molecule has 2 aromatic rings. The molecule has 0 bridgehead atoms. The monoisotopic (exact) mass is 277 g/mol. The first-order valence-corrected chi connectivity index (χ1v) is 6.99. The summed E-state index contributed by atoms with van der Waals surface area (Å²) in [5.41, 5.74) is 1.08. The number of nitrogens with zero attached hydrogens (tertiary/aromatic N) is 4. The van der Waals surface area contributed by atoms with Crippen LogP contribution < -0.4 is 4.72 Å². The number of nitrogens with one attached hydrogen (secondary N) is 1. The number of aromatic nitrogens is 3. The van der Waals surface area contributed by atoms with E-state index in [0.29, 0.717) is 11.1 Å². The summed E-state index contributed by atoms with van der Waals surface area (Å²) in [6.45, 7) is 0. The first-order chi connectivity index (χ1) is 9.00. The largest absolute Gasteiger partial charge is 0.251 e. The van der Waals surface area contributed by atoms with Crippen LogP contribution in [0.5, 0.6) is 0 Å². The molecule has 0 fully saturated rings. The van der Waals surface area contributed by atoms with Gasteiger partial charge in [-0.1, -0.05) is 12.1 Å². The Hall–Kier alpha value is -2.40. The Labute approximate surface area is 110 Å². The zero-order chi connectivity index (χ0) is 13.9. The van der Waals surface area contributed by atoms with E-state index in [1.807, 2.05) is 6.07 Å². The molecule has 98 valence electrons. The average Bonchev–Trinajstić information content (AvgIpc) is 2.75. The van der Waals surface area contributed by atoms with E-state index < -0.39 is 10.0 Å². The van der Waals surface area contributed by atoms with Gasteiger partial charge in [-0.15, -0.1) is 0 Å². The minimum absolute atomic E-state index is 0.161. The van der Waals surface area contributed by atoms with Crippen LogP contribution in [0, 0.1) is 11.3 Å². The highest BCUT2D eigenvalue weighted by Crippen LogP contribution is 2.10. The van der Waals surface area contributed by atoms with E-state index in [0.717, 1.165) is 0 Å². The maximum Gasteiger partial charge on any atom is 0.239 e. The summed E-state index contributed by atoms with van der Waals surface area (Å²) in [6, 6.07) is 8.34. The molecule has 0 saturated heterocycles. The van der Waals surface area contributed by atoms with Gasteiger partial charge >= 0.3 is 0 Å². The zero-order valence-corrected chi connectivity index (χ0v) is 10.9. The summed E-state index contributed by atoms with van der Waals surface area (Å²) in [5.74, 6) is -0.0281. The fraction of sp³-hybridized carbons (Fsp3) is 0.182. The lowest BCUT2D eigenvalue weighted by molar-refractivity contribution is 0.599. The van der Waals surface area contributed by atoms with Crippen molar-refractivity contribution in [3.8, 4) is 6.07 Å². The molecule has 0 atom stereocenters. The molecule has 0 saturated carbocycles. The third-order valence-electron chi connectivity index (χ3n) is 2.40. The molecule has 0 aliphatic heterocycles. The second-order valence-corrected chi connectivity index (χ2v) is 5.60. The number of hydrogen-bond acceptors (Lipinski definition) is 5. The highest BCUT2D eigenvalue weighted by Gasteiger charge is 2.14. The van der Waals surface area contributed by atoms with E-state index in [-0.39, 0.29) is 11.7 Å². The lowest BCUT2D eigenvalue weighted by Crippen LogP contribution is -2.17. The van der Waals surface area contributed by atoms with E-state index >= 15 is 0 Å². The highest BCUT2D eigenvalue weighted by atomic mass is 32.2. The Morgan fingerprint density at radius 1 is 1.37 bits per heavy atom. The zero-order valence-electron chi connectivity index (χ0n) is 10.1. The second-order valence-electron chi connectivity index (χ2n) is 3.88. The third kappa shape index (κ3) is 3.29. The van der Waals surface area contributed by atoms with Gasteiger partial charge in [0.05, 0.1) is 17.4 Å². The van der Waals surface area contributed by atoms with Crippen molar-refractivity contribution in [2.24, 2.45) is 7.05 Å². The van der Waals surface area contributed by atoms with Gasteiger partial charge < -0.3 is 0 Å². The normalized spacial score (nSPS) is 10.9. The third-order valence-corrected chi connectivity index (χ3v) is 3.60. The number of aryl methyl sites for hydroxylation is 1. The van der Waals surface area contributed by atoms with Gasteiger partial charge in [0, 0.05) is 7.05 Å². The van der Waals surface area contributed by atoms with Crippen LogP contribution in [-0.2, 0) is 22.8 Å². The van der Waals surface area contributed by atoms with Gasteiger partial charge in [-0.05, 0) is 17.7 Å². The van der Waals surface area contributed by atoms with Crippen LogP contribution in [-0.4, -0.2) is 23.2 Å². The summed E-state index contributed by atoms with van der Waals surface area (Å²) in [4.78, 5) is 3.79. The Morgan fingerprint density at radius 3 is 2.58 bits per heavy atom. The maximum absolute atomic E-state index is 11.9. The van der Waals surface area contributed by atoms with Crippen molar-refractivity contribution >= 4 is 16.0 Å². The van der Waals surface area contributed by atoms with Gasteiger partial charge in [-0.25, -0.2) is 13.1 Å². The van der Waals surface area contributed by atoms with Crippen LogP contribution in [0.4, 0.5) is 5.95 Å². The quantitative estimate of drug-likeness (QED) is 0.883. The van der Waals surface area contributed by atoms with Gasteiger partial charge in [0.15, 0.2) is 0 Å². The minimum Gasteiger partial charge on any atom is -0.251 e. The summed E-state index contributed by atoms with van der Waals surface area (Å²) in [5, 5.41) is 12.4. The fourth-order valence-corrected chi connectivity index (χ4v) is 2.63. The fourth-order valence-electron chi connectivity index (χ4n) is 1.46.